The summed E-state index contributed by atoms with van der Waals surface area (Å²) < 4.78 is 11.0. The van der Waals surface area contributed by atoms with Crippen molar-refractivity contribution in [3.05, 3.63) is 145 Å². The molecule has 0 saturated heterocycles. The Morgan fingerprint density at radius 3 is 2.10 bits per heavy atom. The predicted molar refractivity (Wildman–Crippen MR) is 201 cm³/mol. The molecule has 7 heteroatoms. The van der Waals surface area contributed by atoms with Gasteiger partial charge < -0.3 is 4.74 Å². The molecule has 0 atom stereocenters. The molecule has 0 fully saturated rings. The third-order valence-electron chi connectivity index (χ3n) is 9.76. The second kappa shape index (κ2) is 10.7. The first-order valence-corrected chi connectivity index (χ1v) is 16.7. The van der Waals surface area contributed by atoms with Crippen molar-refractivity contribution in [2.75, 3.05) is 0 Å². The van der Waals surface area contributed by atoms with Crippen LogP contribution in [0.4, 0.5) is 0 Å². The zero-order valence-electron chi connectivity index (χ0n) is 27.7. The average molecular weight is 647 g/mol. The maximum absolute atomic E-state index is 6.64. The summed E-state index contributed by atoms with van der Waals surface area (Å²) in [5, 5.41) is 5.13. The summed E-state index contributed by atoms with van der Waals surface area (Å²) in [5.74, 6) is 1.43. The van der Waals surface area contributed by atoms with Gasteiger partial charge in [0.2, 0.25) is 0 Å². The molecule has 0 spiro atoms. The molecule has 4 aromatic carbocycles. The van der Waals surface area contributed by atoms with E-state index < -0.39 is 0 Å². The highest BCUT2D eigenvalue weighted by molar-refractivity contribution is 6.12. The van der Waals surface area contributed by atoms with Gasteiger partial charge in [0, 0.05) is 51.3 Å². The van der Waals surface area contributed by atoms with Crippen molar-refractivity contribution < 1.29 is 4.74 Å². The standard InChI is InChI=1S/C43H30N6O/c1-25-19-26(2)39(27(3)20-25)36-24-48-41-33(11-7-18-45-41)31-15-13-29(21-34(31)43(48)47-36)50-30-14-16-32-35(22-30)42-46-23-38(28-9-5-4-6-10-28)49(42)37-12-8-17-44-40(32)37/h4-24H,1-3H3. The molecule has 0 aliphatic heterocycles. The quantitative estimate of drug-likeness (QED) is 0.178. The lowest BCUT2D eigenvalue weighted by atomic mass is 9.98. The molecule has 238 valence electrons. The van der Waals surface area contributed by atoms with E-state index in [2.05, 4.69) is 96.4 Å². The molecule has 10 aromatic rings. The minimum atomic E-state index is 0.715. The smallest absolute Gasteiger partial charge is 0.147 e. The first-order chi connectivity index (χ1) is 24.5. The van der Waals surface area contributed by atoms with E-state index >= 15 is 0 Å². The fraction of sp³-hybridized carbons (Fsp3) is 0.0698. The normalized spacial score (nSPS) is 11.9. The fourth-order valence-electron chi connectivity index (χ4n) is 7.74. The highest BCUT2D eigenvalue weighted by atomic mass is 16.5. The van der Waals surface area contributed by atoms with Gasteiger partial charge in [-0.1, -0.05) is 48.0 Å². The number of rotatable bonds is 4. The molecule has 0 N–H and O–H groups in total. The number of ether oxygens (including phenoxy) is 1. The third kappa shape index (κ3) is 4.23. The molecule has 6 heterocycles. The summed E-state index contributed by atoms with van der Waals surface area (Å²) in [6.07, 6.45) is 7.74. The van der Waals surface area contributed by atoms with Gasteiger partial charge >= 0.3 is 0 Å². The molecule has 0 aliphatic rings. The number of fused-ring (bicyclic) bond motifs is 12. The molecule has 0 amide bonds. The Bertz CT molecular complexity index is 2970. The van der Waals surface area contributed by atoms with E-state index in [-0.39, 0.29) is 0 Å². The van der Waals surface area contributed by atoms with E-state index in [1.165, 1.54) is 16.7 Å². The zero-order chi connectivity index (χ0) is 33.5. The summed E-state index contributed by atoms with van der Waals surface area (Å²) >= 11 is 0. The van der Waals surface area contributed by atoms with Crippen molar-refractivity contribution in [1.29, 1.82) is 0 Å². The van der Waals surface area contributed by atoms with Crippen molar-refractivity contribution in [3.63, 3.8) is 0 Å². The Labute approximate surface area is 287 Å². The van der Waals surface area contributed by atoms with Crippen LogP contribution in [-0.4, -0.2) is 28.7 Å². The van der Waals surface area contributed by atoms with E-state index in [9.17, 15) is 0 Å². The first-order valence-electron chi connectivity index (χ1n) is 16.7. The number of nitrogens with zero attached hydrogens (tertiary/aromatic N) is 6. The molecule has 0 bridgehead atoms. The number of aryl methyl sites for hydroxylation is 3. The van der Waals surface area contributed by atoms with Crippen molar-refractivity contribution in [3.8, 4) is 34.0 Å². The van der Waals surface area contributed by atoms with Crippen LogP contribution < -0.4 is 4.74 Å². The van der Waals surface area contributed by atoms with Gasteiger partial charge in [-0.05, 0) is 97.9 Å². The SMILES string of the molecule is Cc1cc(C)c(-c2cn3c4ncccc4c4ccc(Oc5ccc6c(c5)c5ncc(-c7ccccc7)n5c5cccnc65)cc4c3n2)c(C)c1. The molecule has 0 saturated carbocycles. The van der Waals surface area contributed by atoms with Crippen molar-refractivity contribution in [1.82, 2.24) is 28.7 Å². The molecular weight excluding hydrogens is 617 g/mol. The van der Waals surface area contributed by atoms with Crippen LogP contribution in [0.1, 0.15) is 16.7 Å². The number of hydrogen-bond acceptors (Lipinski definition) is 5. The fourth-order valence-corrected chi connectivity index (χ4v) is 7.74. The first kappa shape index (κ1) is 28.4. The van der Waals surface area contributed by atoms with Crippen LogP contribution in [0.5, 0.6) is 11.5 Å². The maximum Gasteiger partial charge on any atom is 0.147 e. The van der Waals surface area contributed by atoms with Crippen LogP contribution in [0.2, 0.25) is 0 Å². The van der Waals surface area contributed by atoms with Gasteiger partial charge in [-0.2, -0.15) is 0 Å². The van der Waals surface area contributed by atoms with E-state index in [0.29, 0.717) is 5.75 Å². The molecular formula is C43H30N6O. The number of benzene rings is 4. The predicted octanol–water partition coefficient (Wildman–Crippen LogP) is 10.4. The number of pyridine rings is 4. The molecule has 50 heavy (non-hydrogen) atoms. The summed E-state index contributed by atoms with van der Waals surface area (Å²) in [7, 11) is 0. The van der Waals surface area contributed by atoms with Gasteiger partial charge in [0.05, 0.1) is 28.6 Å². The number of imidazole rings is 2. The number of aromatic nitrogens is 6. The molecule has 10 rings (SSSR count). The van der Waals surface area contributed by atoms with Crippen LogP contribution >= 0.6 is 0 Å². The van der Waals surface area contributed by atoms with Gasteiger partial charge in [-0.3, -0.25) is 13.8 Å². The van der Waals surface area contributed by atoms with Crippen molar-refractivity contribution >= 4 is 54.9 Å². The topological polar surface area (TPSA) is 69.6 Å². The largest absolute Gasteiger partial charge is 0.457 e. The summed E-state index contributed by atoms with van der Waals surface area (Å²) in [5.41, 5.74) is 12.4. The summed E-state index contributed by atoms with van der Waals surface area (Å²) in [6, 6.07) is 35.3. The minimum Gasteiger partial charge on any atom is -0.457 e. The Morgan fingerprint density at radius 1 is 0.580 bits per heavy atom. The van der Waals surface area contributed by atoms with E-state index in [0.717, 1.165) is 83.2 Å². The van der Waals surface area contributed by atoms with Crippen LogP contribution in [0, 0.1) is 20.8 Å². The molecule has 0 unspecified atom stereocenters. The van der Waals surface area contributed by atoms with E-state index in [4.69, 9.17) is 24.7 Å². The second-order valence-corrected chi connectivity index (χ2v) is 13.0. The van der Waals surface area contributed by atoms with E-state index in [1.807, 2.05) is 61.1 Å². The van der Waals surface area contributed by atoms with Crippen molar-refractivity contribution in [2.24, 2.45) is 0 Å². The van der Waals surface area contributed by atoms with Crippen LogP contribution in [0.3, 0.4) is 0 Å². The maximum atomic E-state index is 6.64. The highest BCUT2D eigenvalue weighted by Gasteiger charge is 2.18. The Kier molecular flexibility index (Phi) is 6.08. The molecule has 0 radical (unpaired) electrons. The van der Waals surface area contributed by atoms with Crippen LogP contribution in [0.25, 0.3) is 77.4 Å². The van der Waals surface area contributed by atoms with Gasteiger partial charge in [-0.15, -0.1) is 0 Å². The summed E-state index contributed by atoms with van der Waals surface area (Å²) in [6.45, 7) is 6.44. The van der Waals surface area contributed by atoms with Gasteiger partial charge in [-0.25, -0.2) is 15.0 Å². The number of hydrogen-bond donors (Lipinski definition) is 0. The lowest BCUT2D eigenvalue weighted by Gasteiger charge is -2.13. The molecule has 0 aliphatic carbocycles. The Balaban J connectivity index is 1.15. The van der Waals surface area contributed by atoms with E-state index in [1.54, 1.807) is 0 Å². The average Bonchev–Trinajstić information content (AvgIpc) is 3.78. The summed E-state index contributed by atoms with van der Waals surface area (Å²) in [4.78, 5) is 19.8. The van der Waals surface area contributed by atoms with Crippen molar-refractivity contribution in [2.45, 2.75) is 20.8 Å². The van der Waals surface area contributed by atoms with Crippen LogP contribution in [0.15, 0.2) is 128 Å². The second-order valence-electron chi connectivity index (χ2n) is 13.0. The highest BCUT2D eigenvalue weighted by Crippen LogP contribution is 2.38. The Morgan fingerprint density at radius 2 is 1.30 bits per heavy atom. The van der Waals surface area contributed by atoms with Gasteiger partial charge in [0.25, 0.3) is 0 Å². The minimum absolute atomic E-state index is 0.715. The molecule has 7 nitrogen and oxygen atoms in total. The lowest BCUT2D eigenvalue weighted by molar-refractivity contribution is 0.484. The third-order valence-corrected chi connectivity index (χ3v) is 9.76. The molecule has 6 aromatic heterocycles. The van der Waals surface area contributed by atoms with Gasteiger partial charge in [0.1, 0.15) is 28.4 Å². The lowest BCUT2D eigenvalue weighted by Crippen LogP contribution is -1.96. The monoisotopic (exact) mass is 646 g/mol. The van der Waals surface area contributed by atoms with Gasteiger partial charge in [0.15, 0.2) is 0 Å². The van der Waals surface area contributed by atoms with Crippen LogP contribution in [-0.2, 0) is 0 Å². The Hall–Kier alpha value is -6.60. The zero-order valence-corrected chi connectivity index (χ0v) is 27.7.